The van der Waals surface area contributed by atoms with Crippen LogP contribution in [0.3, 0.4) is 0 Å². The molecule has 0 amide bonds. The second-order valence-electron chi connectivity index (χ2n) is 2.00. The van der Waals surface area contributed by atoms with Crippen molar-refractivity contribution in [3.05, 3.63) is 12.2 Å². The van der Waals surface area contributed by atoms with Crippen molar-refractivity contribution in [3.8, 4) is 0 Å². The van der Waals surface area contributed by atoms with Crippen molar-refractivity contribution in [2.45, 2.75) is 32.8 Å². The molecule has 1 heteroatoms. The number of rotatable bonds is 3. The maximum absolute atomic E-state index is 8.75. The molecule has 1 N–H and O–H groups in total. The summed E-state index contributed by atoms with van der Waals surface area (Å²) in [5.41, 5.74) is 0. The zero-order valence-corrected chi connectivity index (χ0v) is 5.59. The van der Waals surface area contributed by atoms with Crippen LogP contribution in [0.2, 0.25) is 0 Å². The summed E-state index contributed by atoms with van der Waals surface area (Å²) >= 11 is 0. The van der Waals surface area contributed by atoms with E-state index in [0.717, 1.165) is 12.8 Å². The molecule has 0 saturated carbocycles. The summed E-state index contributed by atoms with van der Waals surface area (Å²) in [6.45, 7) is 3.80. The monoisotopic (exact) mass is 114 g/mol. The van der Waals surface area contributed by atoms with Gasteiger partial charge in [0.2, 0.25) is 0 Å². The summed E-state index contributed by atoms with van der Waals surface area (Å²) in [5, 5.41) is 8.75. The first-order valence-corrected chi connectivity index (χ1v) is 3.06. The fourth-order valence-corrected chi connectivity index (χ4v) is 0.504. The number of allylic oxidation sites excluding steroid dienone is 2. The molecule has 0 aliphatic heterocycles. The minimum Gasteiger partial charge on any atom is -0.393 e. The Balaban J connectivity index is 2.93. The van der Waals surface area contributed by atoms with E-state index in [9.17, 15) is 0 Å². The van der Waals surface area contributed by atoms with Gasteiger partial charge >= 0.3 is 0 Å². The summed E-state index contributed by atoms with van der Waals surface area (Å²) in [4.78, 5) is 0. The molecule has 0 heterocycles. The second-order valence-corrected chi connectivity index (χ2v) is 2.00. The van der Waals surface area contributed by atoms with E-state index < -0.39 is 0 Å². The Bertz CT molecular complexity index is 64.8. The topological polar surface area (TPSA) is 20.2 Å². The summed E-state index contributed by atoms with van der Waals surface area (Å²) in [6.07, 6.45) is 5.79. The van der Waals surface area contributed by atoms with Gasteiger partial charge in [0.1, 0.15) is 0 Å². The van der Waals surface area contributed by atoms with Crippen LogP contribution in [0, 0.1) is 0 Å². The minimum atomic E-state index is -0.147. The Morgan fingerprint density at radius 3 is 2.62 bits per heavy atom. The molecule has 1 atom stereocenters. The molecular formula is C7H14O. The highest BCUT2D eigenvalue weighted by Gasteiger charge is 1.89. The van der Waals surface area contributed by atoms with Crippen LogP contribution >= 0.6 is 0 Å². The Kier molecular flexibility index (Phi) is 4.67. The third-order valence-electron chi connectivity index (χ3n) is 0.987. The van der Waals surface area contributed by atoms with E-state index in [1.54, 1.807) is 0 Å². The molecule has 0 aliphatic rings. The van der Waals surface area contributed by atoms with Crippen LogP contribution in [0.1, 0.15) is 26.7 Å². The summed E-state index contributed by atoms with van der Waals surface area (Å²) < 4.78 is 0. The van der Waals surface area contributed by atoms with Crippen LogP contribution < -0.4 is 0 Å². The maximum atomic E-state index is 8.75. The van der Waals surface area contributed by atoms with Crippen LogP contribution in [0.25, 0.3) is 0 Å². The van der Waals surface area contributed by atoms with Gasteiger partial charge in [0.15, 0.2) is 0 Å². The molecule has 0 unspecified atom stereocenters. The van der Waals surface area contributed by atoms with Gasteiger partial charge in [-0.3, -0.25) is 0 Å². The molecule has 8 heavy (non-hydrogen) atoms. The molecule has 0 radical (unpaired) electrons. The first-order chi connectivity index (χ1) is 3.77. The van der Waals surface area contributed by atoms with Crippen molar-refractivity contribution in [1.82, 2.24) is 0 Å². The third kappa shape index (κ3) is 5.70. The van der Waals surface area contributed by atoms with Crippen molar-refractivity contribution in [2.75, 3.05) is 0 Å². The molecule has 0 saturated heterocycles. The van der Waals surface area contributed by atoms with Crippen LogP contribution in [0.15, 0.2) is 12.2 Å². The molecule has 0 spiro atoms. The number of aliphatic hydroxyl groups excluding tert-OH is 1. The van der Waals surface area contributed by atoms with E-state index in [0.29, 0.717) is 0 Å². The highest BCUT2D eigenvalue weighted by molar-refractivity contribution is 4.76. The van der Waals surface area contributed by atoms with Gasteiger partial charge in [0.05, 0.1) is 6.10 Å². The average molecular weight is 114 g/mol. The summed E-state index contributed by atoms with van der Waals surface area (Å²) in [5.74, 6) is 0. The Morgan fingerprint density at radius 1 is 1.62 bits per heavy atom. The van der Waals surface area contributed by atoms with E-state index in [1.165, 1.54) is 0 Å². The number of hydrogen-bond acceptors (Lipinski definition) is 1. The van der Waals surface area contributed by atoms with Gasteiger partial charge in [0.25, 0.3) is 0 Å². The van der Waals surface area contributed by atoms with Crippen molar-refractivity contribution >= 4 is 0 Å². The summed E-state index contributed by atoms with van der Waals surface area (Å²) in [7, 11) is 0. The first-order valence-electron chi connectivity index (χ1n) is 3.06. The predicted molar refractivity (Wildman–Crippen MR) is 35.7 cm³/mol. The second kappa shape index (κ2) is 4.85. The molecule has 0 aromatic rings. The zero-order chi connectivity index (χ0) is 6.41. The Hall–Kier alpha value is -0.300. The van der Waals surface area contributed by atoms with Crippen molar-refractivity contribution in [1.29, 1.82) is 0 Å². The van der Waals surface area contributed by atoms with Gasteiger partial charge in [-0.05, 0) is 26.7 Å². The van der Waals surface area contributed by atoms with Gasteiger partial charge in [-0.25, -0.2) is 0 Å². The predicted octanol–water partition coefficient (Wildman–Crippen LogP) is 1.72. The quantitative estimate of drug-likeness (QED) is 0.554. The molecule has 0 aromatic carbocycles. The van der Waals surface area contributed by atoms with Crippen molar-refractivity contribution in [2.24, 2.45) is 0 Å². The minimum absolute atomic E-state index is 0.147. The lowest BCUT2D eigenvalue weighted by Crippen LogP contribution is -1.96. The Labute approximate surface area is 51.0 Å². The fourth-order valence-electron chi connectivity index (χ4n) is 0.504. The molecule has 0 rings (SSSR count). The van der Waals surface area contributed by atoms with Gasteiger partial charge in [0, 0.05) is 0 Å². The molecule has 48 valence electrons. The maximum Gasteiger partial charge on any atom is 0.0515 e. The lowest BCUT2D eigenvalue weighted by Gasteiger charge is -1.97. The lowest BCUT2D eigenvalue weighted by molar-refractivity contribution is 0.186. The normalized spacial score (nSPS) is 14.9. The van der Waals surface area contributed by atoms with Crippen LogP contribution in [0.5, 0.6) is 0 Å². The highest BCUT2D eigenvalue weighted by Crippen LogP contribution is 1.95. The SMILES string of the molecule is CC=CCC[C@H](C)O. The number of hydrogen-bond donors (Lipinski definition) is 1. The fraction of sp³-hybridized carbons (Fsp3) is 0.714. The van der Waals surface area contributed by atoms with Crippen LogP contribution in [-0.2, 0) is 0 Å². The van der Waals surface area contributed by atoms with E-state index in [-0.39, 0.29) is 6.10 Å². The highest BCUT2D eigenvalue weighted by atomic mass is 16.3. The molecule has 0 bridgehead atoms. The molecule has 0 aliphatic carbocycles. The van der Waals surface area contributed by atoms with Crippen LogP contribution in [0.4, 0.5) is 0 Å². The molecular weight excluding hydrogens is 100 g/mol. The first kappa shape index (κ1) is 7.70. The van der Waals surface area contributed by atoms with Gasteiger partial charge in [-0.1, -0.05) is 12.2 Å². The van der Waals surface area contributed by atoms with Crippen LogP contribution in [-0.4, -0.2) is 11.2 Å². The molecule has 0 aromatic heterocycles. The van der Waals surface area contributed by atoms with Crippen molar-refractivity contribution in [3.63, 3.8) is 0 Å². The van der Waals surface area contributed by atoms with E-state index >= 15 is 0 Å². The lowest BCUT2D eigenvalue weighted by atomic mass is 10.2. The van der Waals surface area contributed by atoms with E-state index in [4.69, 9.17) is 5.11 Å². The van der Waals surface area contributed by atoms with Gasteiger partial charge < -0.3 is 5.11 Å². The molecule has 0 fully saturated rings. The largest absolute Gasteiger partial charge is 0.393 e. The standard InChI is InChI=1S/C7H14O/c1-3-4-5-6-7(2)8/h3-4,7-8H,5-6H2,1-2H3/t7-/m0/s1. The van der Waals surface area contributed by atoms with Crippen molar-refractivity contribution < 1.29 is 5.11 Å². The number of aliphatic hydroxyl groups is 1. The summed E-state index contributed by atoms with van der Waals surface area (Å²) in [6, 6.07) is 0. The molecule has 1 nitrogen and oxygen atoms in total. The zero-order valence-electron chi connectivity index (χ0n) is 5.59. The smallest absolute Gasteiger partial charge is 0.0515 e. The van der Waals surface area contributed by atoms with Gasteiger partial charge in [-0.2, -0.15) is 0 Å². The third-order valence-corrected chi connectivity index (χ3v) is 0.987. The van der Waals surface area contributed by atoms with E-state index in [1.807, 2.05) is 19.9 Å². The van der Waals surface area contributed by atoms with E-state index in [2.05, 4.69) is 6.08 Å². The van der Waals surface area contributed by atoms with Gasteiger partial charge in [-0.15, -0.1) is 0 Å². The Morgan fingerprint density at radius 2 is 2.25 bits per heavy atom. The average Bonchev–Trinajstić information content (AvgIpc) is 1.66.